The highest BCUT2D eigenvalue weighted by atomic mass is 16.5. The third-order valence-corrected chi connectivity index (χ3v) is 3.82. The number of amides is 1. The molecule has 0 aliphatic carbocycles. The van der Waals surface area contributed by atoms with Gasteiger partial charge >= 0.3 is 5.97 Å². The van der Waals surface area contributed by atoms with E-state index < -0.39 is 5.97 Å². The highest BCUT2D eigenvalue weighted by Gasteiger charge is 2.21. The van der Waals surface area contributed by atoms with E-state index in [0.717, 1.165) is 37.6 Å². The van der Waals surface area contributed by atoms with Gasteiger partial charge in [0, 0.05) is 26.2 Å². The molecule has 0 saturated carbocycles. The Morgan fingerprint density at radius 1 is 1.13 bits per heavy atom. The lowest BCUT2D eigenvalue weighted by molar-refractivity contribution is -0.141. The molecule has 1 aromatic rings. The van der Waals surface area contributed by atoms with Crippen molar-refractivity contribution in [1.82, 2.24) is 10.2 Å². The van der Waals surface area contributed by atoms with Gasteiger partial charge in [-0.3, -0.25) is 14.5 Å². The van der Waals surface area contributed by atoms with Crippen molar-refractivity contribution < 1.29 is 19.1 Å². The number of esters is 1. The Morgan fingerprint density at radius 3 is 2.48 bits per heavy atom. The molecule has 0 unspecified atom stereocenters. The van der Waals surface area contributed by atoms with E-state index in [2.05, 4.69) is 19.9 Å². The van der Waals surface area contributed by atoms with Gasteiger partial charge in [0.25, 0.3) is 0 Å². The van der Waals surface area contributed by atoms with Crippen molar-refractivity contribution >= 4 is 17.6 Å². The Balaban J connectivity index is 1.80. The maximum Gasteiger partial charge on any atom is 0.325 e. The van der Waals surface area contributed by atoms with E-state index in [-0.39, 0.29) is 19.0 Å². The van der Waals surface area contributed by atoms with Gasteiger partial charge in [-0.15, -0.1) is 0 Å². The zero-order valence-corrected chi connectivity index (χ0v) is 13.6. The summed E-state index contributed by atoms with van der Waals surface area (Å²) in [7, 11) is 2.96. The Hall–Kier alpha value is -2.28. The fourth-order valence-electron chi connectivity index (χ4n) is 2.54. The number of nitrogens with one attached hydrogen (secondary N) is 1. The van der Waals surface area contributed by atoms with Crippen LogP contribution in [0, 0.1) is 0 Å². The van der Waals surface area contributed by atoms with Gasteiger partial charge in [-0.05, 0) is 12.1 Å². The summed E-state index contributed by atoms with van der Waals surface area (Å²) in [6.45, 7) is 3.41. The van der Waals surface area contributed by atoms with Crippen LogP contribution in [0.15, 0.2) is 24.3 Å². The minimum absolute atomic E-state index is 0.0868. The maximum atomic E-state index is 11.8. The molecule has 0 radical (unpaired) electrons. The first-order valence-corrected chi connectivity index (χ1v) is 7.58. The number of piperazine rings is 1. The van der Waals surface area contributed by atoms with Crippen molar-refractivity contribution in [3.63, 3.8) is 0 Å². The fourth-order valence-corrected chi connectivity index (χ4v) is 2.54. The molecular formula is C16H23N3O4. The molecule has 1 N–H and O–H groups in total. The number of rotatable bonds is 6. The van der Waals surface area contributed by atoms with Crippen LogP contribution in [-0.4, -0.2) is 70.3 Å². The molecule has 23 heavy (non-hydrogen) atoms. The van der Waals surface area contributed by atoms with Crippen molar-refractivity contribution in [3.05, 3.63) is 24.3 Å². The van der Waals surface area contributed by atoms with E-state index in [1.807, 2.05) is 24.3 Å². The van der Waals surface area contributed by atoms with Gasteiger partial charge in [-0.25, -0.2) is 0 Å². The summed E-state index contributed by atoms with van der Waals surface area (Å²) in [5.41, 5.74) is 1.07. The summed E-state index contributed by atoms with van der Waals surface area (Å²) in [5, 5.41) is 2.55. The molecule has 126 valence electrons. The average molecular weight is 321 g/mol. The van der Waals surface area contributed by atoms with Crippen molar-refractivity contribution in [2.24, 2.45) is 0 Å². The van der Waals surface area contributed by atoms with Crippen molar-refractivity contribution in [2.75, 3.05) is 58.4 Å². The molecule has 0 aromatic heterocycles. The van der Waals surface area contributed by atoms with E-state index in [1.54, 1.807) is 7.11 Å². The van der Waals surface area contributed by atoms with Gasteiger partial charge in [0.05, 0.1) is 26.5 Å². The van der Waals surface area contributed by atoms with E-state index in [9.17, 15) is 9.59 Å². The first kappa shape index (κ1) is 17.1. The predicted molar refractivity (Wildman–Crippen MR) is 86.7 cm³/mol. The third kappa shape index (κ3) is 4.85. The minimum Gasteiger partial charge on any atom is -0.495 e. The van der Waals surface area contributed by atoms with Crippen LogP contribution < -0.4 is 15.0 Å². The van der Waals surface area contributed by atoms with Gasteiger partial charge < -0.3 is 19.7 Å². The van der Waals surface area contributed by atoms with E-state index in [0.29, 0.717) is 0 Å². The summed E-state index contributed by atoms with van der Waals surface area (Å²) >= 11 is 0. The van der Waals surface area contributed by atoms with Gasteiger partial charge in [-0.2, -0.15) is 0 Å². The number of ether oxygens (including phenoxy) is 2. The molecule has 1 aromatic carbocycles. The molecule has 1 saturated heterocycles. The largest absolute Gasteiger partial charge is 0.495 e. The minimum atomic E-state index is -0.445. The molecule has 1 amide bonds. The van der Waals surface area contributed by atoms with E-state index in [4.69, 9.17) is 4.74 Å². The van der Waals surface area contributed by atoms with Crippen LogP contribution in [0.2, 0.25) is 0 Å². The Bertz CT molecular complexity index is 542. The van der Waals surface area contributed by atoms with E-state index >= 15 is 0 Å². The predicted octanol–water partition coefficient (Wildman–Crippen LogP) is 0.106. The van der Waals surface area contributed by atoms with Crippen LogP contribution >= 0.6 is 0 Å². The first-order chi connectivity index (χ1) is 11.1. The molecule has 1 heterocycles. The average Bonchev–Trinajstić information content (AvgIpc) is 2.60. The fraction of sp³-hybridized carbons (Fsp3) is 0.500. The number of anilines is 1. The van der Waals surface area contributed by atoms with Crippen LogP contribution in [0.5, 0.6) is 5.75 Å². The molecule has 1 aliphatic rings. The number of hydrogen-bond acceptors (Lipinski definition) is 6. The highest BCUT2D eigenvalue weighted by molar-refractivity contribution is 5.83. The second kappa shape index (κ2) is 8.38. The SMILES string of the molecule is COC(=O)CNC(=O)CN1CCN(c2ccccc2OC)CC1. The van der Waals surface area contributed by atoms with Crippen LogP contribution in [0.1, 0.15) is 0 Å². The van der Waals surface area contributed by atoms with Gasteiger partial charge in [-0.1, -0.05) is 12.1 Å². The monoisotopic (exact) mass is 321 g/mol. The molecule has 7 heteroatoms. The van der Waals surface area contributed by atoms with Crippen LogP contribution in [-0.2, 0) is 14.3 Å². The van der Waals surface area contributed by atoms with Crippen molar-refractivity contribution in [1.29, 1.82) is 0 Å². The topological polar surface area (TPSA) is 71.1 Å². The first-order valence-electron chi connectivity index (χ1n) is 7.58. The zero-order chi connectivity index (χ0) is 16.7. The van der Waals surface area contributed by atoms with E-state index in [1.165, 1.54) is 7.11 Å². The number of benzene rings is 1. The molecule has 1 aliphatic heterocycles. The lowest BCUT2D eigenvalue weighted by Crippen LogP contribution is -2.50. The molecule has 7 nitrogen and oxygen atoms in total. The Labute approximate surface area is 136 Å². The lowest BCUT2D eigenvalue weighted by Gasteiger charge is -2.36. The standard InChI is InChI=1S/C16H23N3O4/c1-22-14-6-4-3-5-13(14)19-9-7-18(8-10-19)12-15(20)17-11-16(21)23-2/h3-6H,7-12H2,1-2H3,(H,17,20). The van der Waals surface area contributed by atoms with Gasteiger partial charge in [0.15, 0.2) is 0 Å². The number of para-hydroxylation sites is 2. The second-order valence-electron chi connectivity index (χ2n) is 5.29. The van der Waals surface area contributed by atoms with Crippen LogP contribution in [0.25, 0.3) is 0 Å². The maximum absolute atomic E-state index is 11.8. The highest BCUT2D eigenvalue weighted by Crippen LogP contribution is 2.28. The molecular weight excluding hydrogens is 298 g/mol. The normalized spacial score (nSPS) is 15.1. The summed E-state index contributed by atoms with van der Waals surface area (Å²) in [4.78, 5) is 27.1. The lowest BCUT2D eigenvalue weighted by atomic mass is 10.2. The smallest absolute Gasteiger partial charge is 0.325 e. The summed E-state index contributed by atoms with van der Waals surface area (Å²) in [6.07, 6.45) is 0. The molecule has 0 atom stereocenters. The number of carbonyl (C=O) groups is 2. The summed E-state index contributed by atoms with van der Waals surface area (Å²) in [6, 6.07) is 7.92. The molecule has 0 bridgehead atoms. The van der Waals surface area contributed by atoms with Crippen molar-refractivity contribution in [3.8, 4) is 5.75 Å². The molecule has 2 rings (SSSR count). The van der Waals surface area contributed by atoms with Crippen LogP contribution in [0.3, 0.4) is 0 Å². The second-order valence-corrected chi connectivity index (χ2v) is 5.29. The third-order valence-electron chi connectivity index (χ3n) is 3.82. The quantitative estimate of drug-likeness (QED) is 0.750. The number of carbonyl (C=O) groups excluding carboxylic acids is 2. The molecule has 0 spiro atoms. The van der Waals surface area contributed by atoms with Crippen molar-refractivity contribution in [2.45, 2.75) is 0 Å². The number of nitrogens with zero attached hydrogens (tertiary/aromatic N) is 2. The van der Waals surface area contributed by atoms with Crippen LogP contribution in [0.4, 0.5) is 5.69 Å². The van der Waals surface area contributed by atoms with Gasteiger partial charge in [0.1, 0.15) is 12.3 Å². The summed E-state index contributed by atoms with van der Waals surface area (Å²) in [5.74, 6) is 0.247. The van der Waals surface area contributed by atoms with Gasteiger partial charge in [0.2, 0.25) is 5.91 Å². The summed E-state index contributed by atoms with van der Waals surface area (Å²) < 4.78 is 9.88. The Kier molecular flexibility index (Phi) is 6.22. The Morgan fingerprint density at radius 2 is 1.83 bits per heavy atom. The number of hydrogen-bond donors (Lipinski definition) is 1. The molecule has 1 fully saturated rings. The number of methoxy groups -OCH3 is 2. The zero-order valence-electron chi connectivity index (χ0n) is 13.6.